The molecule has 1 fully saturated rings. The summed E-state index contributed by atoms with van der Waals surface area (Å²) in [5, 5.41) is 2.93. The van der Waals surface area contributed by atoms with Gasteiger partial charge in [0.2, 0.25) is 5.91 Å². The molecule has 0 unspecified atom stereocenters. The third-order valence-electron chi connectivity index (χ3n) is 3.87. The van der Waals surface area contributed by atoms with Crippen LogP contribution < -0.4 is 14.8 Å². The molecule has 2 aliphatic rings. The summed E-state index contributed by atoms with van der Waals surface area (Å²) in [5.41, 5.74) is 0.625. The first-order valence-corrected chi connectivity index (χ1v) is 6.94. The summed E-state index contributed by atoms with van der Waals surface area (Å²) in [6.07, 6.45) is 1.76. The largest absolute Gasteiger partial charge is 0.486 e. The summed E-state index contributed by atoms with van der Waals surface area (Å²) in [4.78, 5) is 12.3. The predicted molar refractivity (Wildman–Crippen MR) is 73.2 cm³/mol. The molecule has 0 aromatic heterocycles. The van der Waals surface area contributed by atoms with E-state index in [0.29, 0.717) is 26.4 Å². The summed E-state index contributed by atoms with van der Waals surface area (Å²) >= 11 is 0. The highest BCUT2D eigenvalue weighted by atomic mass is 16.6. The fourth-order valence-corrected chi connectivity index (χ4v) is 2.55. The standard InChI is InChI=1S/C15H19NO4/c1-18-7-6-16-14(17)15(4-5-15)11-2-3-12-13(10-11)20-9-8-19-12/h2-3,10H,4-9H2,1H3,(H,16,17). The maximum absolute atomic E-state index is 12.3. The Bertz CT molecular complexity index is 511. The zero-order chi connectivity index (χ0) is 14.0. The Morgan fingerprint density at radius 1 is 1.30 bits per heavy atom. The molecule has 0 bridgehead atoms. The Balaban J connectivity index is 1.76. The van der Waals surface area contributed by atoms with Crippen LogP contribution in [0.3, 0.4) is 0 Å². The van der Waals surface area contributed by atoms with Gasteiger partial charge in [-0.1, -0.05) is 6.07 Å². The Morgan fingerprint density at radius 2 is 2.05 bits per heavy atom. The number of carbonyl (C=O) groups excluding carboxylic acids is 1. The number of nitrogens with one attached hydrogen (secondary N) is 1. The number of hydrogen-bond donors (Lipinski definition) is 1. The van der Waals surface area contributed by atoms with Gasteiger partial charge in [0.25, 0.3) is 0 Å². The lowest BCUT2D eigenvalue weighted by molar-refractivity contribution is -0.123. The first-order chi connectivity index (χ1) is 9.76. The van der Waals surface area contributed by atoms with Crippen molar-refractivity contribution in [2.75, 3.05) is 33.5 Å². The zero-order valence-corrected chi connectivity index (χ0v) is 11.6. The van der Waals surface area contributed by atoms with E-state index >= 15 is 0 Å². The van der Waals surface area contributed by atoms with Crippen LogP contribution in [0.2, 0.25) is 0 Å². The lowest BCUT2D eigenvalue weighted by atomic mass is 9.94. The average Bonchev–Trinajstić information content (AvgIpc) is 3.29. The molecule has 1 N–H and O–H groups in total. The van der Waals surface area contributed by atoms with Gasteiger partial charge in [-0.3, -0.25) is 4.79 Å². The summed E-state index contributed by atoms with van der Waals surface area (Å²) in [6.45, 7) is 2.21. The molecule has 0 spiro atoms. The van der Waals surface area contributed by atoms with Gasteiger partial charge in [-0.15, -0.1) is 0 Å². The van der Waals surface area contributed by atoms with Crippen molar-refractivity contribution in [1.82, 2.24) is 5.32 Å². The SMILES string of the molecule is COCCNC(=O)C1(c2ccc3c(c2)OCCO3)CC1. The smallest absolute Gasteiger partial charge is 0.230 e. The van der Waals surface area contributed by atoms with Gasteiger partial charge in [0.15, 0.2) is 11.5 Å². The maximum Gasteiger partial charge on any atom is 0.230 e. The van der Waals surface area contributed by atoms with Gasteiger partial charge in [-0.05, 0) is 30.5 Å². The third kappa shape index (κ3) is 2.33. The number of benzene rings is 1. The Hall–Kier alpha value is -1.75. The van der Waals surface area contributed by atoms with Crippen LogP contribution in [0.1, 0.15) is 18.4 Å². The number of fused-ring (bicyclic) bond motifs is 1. The van der Waals surface area contributed by atoms with E-state index in [2.05, 4.69) is 5.32 Å². The lowest BCUT2D eigenvalue weighted by Gasteiger charge is -2.21. The first-order valence-electron chi connectivity index (χ1n) is 6.94. The van der Waals surface area contributed by atoms with Crippen molar-refractivity contribution >= 4 is 5.91 Å². The fourth-order valence-electron chi connectivity index (χ4n) is 2.55. The lowest BCUT2D eigenvalue weighted by Crippen LogP contribution is -2.36. The second-order valence-electron chi connectivity index (χ2n) is 5.19. The van der Waals surface area contributed by atoms with Crippen LogP contribution in [0, 0.1) is 0 Å². The van der Waals surface area contributed by atoms with Crippen LogP contribution >= 0.6 is 0 Å². The summed E-state index contributed by atoms with van der Waals surface area (Å²) < 4.78 is 16.1. The van der Waals surface area contributed by atoms with Crippen LogP contribution in [0.25, 0.3) is 0 Å². The highest BCUT2D eigenvalue weighted by Crippen LogP contribution is 2.50. The van der Waals surface area contributed by atoms with Crippen molar-refractivity contribution in [2.45, 2.75) is 18.3 Å². The summed E-state index contributed by atoms with van der Waals surface area (Å²) in [6, 6.07) is 5.81. The van der Waals surface area contributed by atoms with E-state index in [1.54, 1.807) is 7.11 Å². The first kappa shape index (κ1) is 13.2. The number of carbonyl (C=O) groups is 1. The molecular formula is C15H19NO4. The normalized spacial score (nSPS) is 18.4. The van der Waals surface area contributed by atoms with Crippen molar-refractivity contribution < 1.29 is 19.0 Å². The number of hydrogen-bond acceptors (Lipinski definition) is 4. The molecule has 108 valence electrons. The number of ether oxygens (including phenoxy) is 3. The van der Waals surface area contributed by atoms with Gasteiger partial charge in [0.1, 0.15) is 13.2 Å². The molecule has 5 heteroatoms. The summed E-state index contributed by atoms with van der Waals surface area (Å²) in [5.74, 6) is 1.58. The van der Waals surface area contributed by atoms with Crippen LogP contribution in [0.15, 0.2) is 18.2 Å². The maximum atomic E-state index is 12.3. The topological polar surface area (TPSA) is 56.8 Å². The van der Waals surface area contributed by atoms with Crippen LogP contribution in [0.4, 0.5) is 0 Å². The van der Waals surface area contributed by atoms with Crippen molar-refractivity contribution in [3.8, 4) is 11.5 Å². The van der Waals surface area contributed by atoms with Crippen LogP contribution in [0.5, 0.6) is 11.5 Å². The summed E-state index contributed by atoms with van der Waals surface area (Å²) in [7, 11) is 1.62. The number of rotatable bonds is 5. The van der Waals surface area contributed by atoms with Crippen molar-refractivity contribution in [3.63, 3.8) is 0 Å². The van der Waals surface area contributed by atoms with E-state index in [4.69, 9.17) is 14.2 Å². The Morgan fingerprint density at radius 3 is 2.75 bits per heavy atom. The minimum Gasteiger partial charge on any atom is -0.486 e. The second kappa shape index (κ2) is 5.32. The molecule has 20 heavy (non-hydrogen) atoms. The molecule has 0 radical (unpaired) electrons. The van der Waals surface area contributed by atoms with Crippen LogP contribution in [-0.4, -0.2) is 39.4 Å². The predicted octanol–water partition coefficient (Wildman–Crippen LogP) is 1.25. The molecule has 1 amide bonds. The molecular weight excluding hydrogens is 258 g/mol. The highest BCUT2D eigenvalue weighted by Gasteiger charge is 2.51. The van der Waals surface area contributed by atoms with E-state index in [1.807, 2.05) is 18.2 Å². The average molecular weight is 277 g/mol. The van der Waals surface area contributed by atoms with Gasteiger partial charge in [-0.25, -0.2) is 0 Å². The van der Waals surface area contributed by atoms with Gasteiger partial charge < -0.3 is 19.5 Å². The molecule has 1 saturated carbocycles. The quantitative estimate of drug-likeness (QED) is 0.823. The van der Waals surface area contributed by atoms with E-state index < -0.39 is 0 Å². The Labute approximate surface area is 118 Å². The van der Waals surface area contributed by atoms with Crippen LogP contribution in [-0.2, 0) is 14.9 Å². The minimum atomic E-state index is -0.385. The molecule has 1 aromatic rings. The molecule has 0 saturated heterocycles. The van der Waals surface area contributed by atoms with E-state index in [0.717, 1.165) is 29.9 Å². The van der Waals surface area contributed by atoms with Gasteiger partial charge >= 0.3 is 0 Å². The Kier molecular flexibility index (Phi) is 3.53. The molecule has 3 rings (SSSR count). The van der Waals surface area contributed by atoms with E-state index in [9.17, 15) is 4.79 Å². The molecule has 5 nitrogen and oxygen atoms in total. The van der Waals surface area contributed by atoms with E-state index in [1.165, 1.54) is 0 Å². The van der Waals surface area contributed by atoms with Crippen molar-refractivity contribution in [1.29, 1.82) is 0 Å². The molecule has 1 aliphatic heterocycles. The molecule has 1 aliphatic carbocycles. The highest BCUT2D eigenvalue weighted by molar-refractivity contribution is 5.91. The van der Waals surface area contributed by atoms with Gasteiger partial charge in [0.05, 0.1) is 12.0 Å². The number of methoxy groups -OCH3 is 1. The molecule has 1 heterocycles. The van der Waals surface area contributed by atoms with Gasteiger partial charge in [0, 0.05) is 13.7 Å². The monoisotopic (exact) mass is 277 g/mol. The minimum absolute atomic E-state index is 0.0752. The van der Waals surface area contributed by atoms with Gasteiger partial charge in [-0.2, -0.15) is 0 Å². The van der Waals surface area contributed by atoms with Crippen molar-refractivity contribution in [3.05, 3.63) is 23.8 Å². The fraction of sp³-hybridized carbons (Fsp3) is 0.533. The zero-order valence-electron chi connectivity index (χ0n) is 11.6. The third-order valence-corrected chi connectivity index (χ3v) is 3.87. The molecule has 1 aromatic carbocycles. The molecule has 0 atom stereocenters. The van der Waals surface area contributed by atoms with E-state index in [-0.39, 0.29) is 11.3 Å². The second-order valence-corrected chi connectivity index (χ2v) is 5.19. The number of amides is 1. The van der Waals surface area contributed by atoms with Crippen molar-refractivity contribution in [2.24, 2.45) is 0 Å².